The van der Waals surface area contributed by atoms with Crippen molar-refractivity contribution in [3.8, 4) is 17.1 Å². The summed E-state index contributed by atoms with van der Waals surface area (Å²) in [6.07, 6.45) is 3.98. The van der Waals surface area contributed by atoms with Crippen molar-refractivity contribution in [1.82, 2.24) is 9.97 Å². The van der Waals surface area contributed by atoms with Crippen LogP contribution in [0, 0.1) is 0 Å². The smallest absolute Gasteiger partial charge is 0.166 e. The first-order valence-corrected chi connectivity index (χ1v) is 6.31. The van der Waals surface area contributed by atoms with Crippen LogP contribution in [0.5, 0.6) is 5.75 Å². The highest BCUT2D eigenvalue weighted by atomic mass is 16.5. The fourth-order valence-electron chi connectivity index (χ4n) is 2.29. The molecule has 1 heterocycles. The Labute approximate surface area is 111 Å². The molecule has 19 heavy (non-hydrogen) atoms. The number of fused-ring (bicyclic) bond motifs is 1. The van der Waals surface area contributed by atoms with Gasteiger partial charge in [-0.1, -0.05) is 12.1 Å². The average molecular weight is 254 g/mol. The summed E-state index contributed by atoms with van der Waals surface area (Å²) in [5, 5.41) is 0. The summed E-state index contributed by atoms with van der Waals surface area (Å²) in [7, 11) is 1.63. The van der Waals surface area contributed by atoms with E-state index in [-0.39, 0.29) is 5.78 Å². The third-order valence-corrected chi connectivity index (χ3v) is 3.31. The molecule has 4 nitrogen and oxygen atoms in total. The molecule has 0 saturated carbocycles. The summed E-state index contributed by atoms with van der Waals surface area (Å²) in [5.41, 5.74) is 2.45. The van der Waals surface area contributed by atoms with Gasteiger partial charge in [-0.15, -0.1) is 0 Å². The SMILES string of the molecule is COc1cccc(-c2ncc3c(n2)CCCC3=O)c1. The summed E-state index contributed by atoms with van der Waals surface area (Å²) < 4.78 is 5.20. The molecule has 1 aliphatic rings. The maximum Gasteiger partial charge on any atom is 0.166 e. The number of nitrogens with zero attached hydrogens (tertiary/aromatic N) is 2. The third kappa shape index (κ3) is 2.21. The average Bonchev–Trinajstić information content (AvgIpc) is 2.47. The minimum absolute atomic E-state index is 0.151. The zero-order valence-electron chi connectivity index (χ0n) is 10.7. The second-order valence-electron chi connectivity index (χ2n) is 4.56. The van der Waals surface area contributed by atoms with E-state index in [1.165, 1.54) is 0 Å². The highest BCUT2D eigenvalue weighted by molar-refractivity contribution is 5.97. The monoisotopic (exact) mass is 254 g/mol. The van der Waals surface area contributed by atoms with Gasteiger partial charge in [0.05, 0.1) is 18.4 Å². The number of ketones is 1. The summed E-state index contributed by atoms with van der Waals surface area (Å²) >= 11 is 0. The topological polar surface area (TPSA) is 52.1 Å². The van der Waals surface area contributed by atoms with Crippen molar-refractivity contribution < 1.29 is 9.53 Å². The van der Waals surface area contributed by atoms with E-state index < -0.39 is 0 Å². The van der Waals surface area contributed by atoms with Gasteiger partial charge in [0, 0.05) is 18.2 Å². The molecular formula is C15H14N2O2. The molecule has 0 atom stereocenters. The standard InChI is InChI=1S/C15H14N2O2/c1-19-11-5-2-4-10(8-11)15-16-9-12-13(17-15)6-3-7-14(12)18/h2,4-5,8-9H,3,6-7H2,1H3. The number of benzene rings is 1. The zero-order valence-corrected chi connectivity index (χ0v) is 10.7. The fraction of sp³-hybridized carbons (Fsp3) is 0.267. The molecule has 0 fully saturated rings. The fourth-order valence-corrected chi connectivity index (χ4v) is 2.29. The number of aromatic nitrogens is 2. The molecule has 0 N–H and O–H groups in total. The molecule has 0 aliphatic heterocycles. The maximum atomic E-state index is 11.7. The van der Waals surface area contributed by atoms with Gasteiger partial charge in [0.1, 0.15) is 5.75 Å². The third-order valence-electron chi connectivity index (χ3n) is 3.31. The number of carbonyl (C=O) groups is 1. The minimum Gasteiger partial charge on any atom is -0.497 e. The Balaban J connectivity index is 2.04. The van der Waals surface area contributed by atoms with Crippen molar-refractivity contribution in [3.05, 3.63) is 41.7 Å². The number of hydrogen-bond acceptors (Lipinski definition) is 4. The van der Waals surface area contributed by atoms with Crippen molar-refractivity contribution in [3.63, 3.8) is 0 Å². The molecular weight excluding hydrogens is 240 g/mol. The van der Waals surface area contributed by atoms with Crippen molar-refractivity contribution >= 4 is 5.78 Å². The number of ether oxygens (including phenoxy) is 1. The van der Waals surface area contributed by atoms with E-state index in [4.69, 9.17) is 4.74 Å². The van der Waals surface area contributed by atoms with Crippen LogP contribution in [0.3, 0.4) is 0 Å². The molecule has 0 unspecified atom stereocenters. The molecule has 0 radical (unpaired) electrons. The maximum absolute atomic E-state index is 11.7. The number of Topliss-reactive ketones (excluding diaryl/α,β-unsaturated/α-hetero) is 1. The van der Waals surface area contributed by atoms with Crippen molar-refractivity contribution in [2.24, 2.45) is 0 Å². The van der Waals surface area contributed by atoms with Crippen LogP contribution in [0.4, 0.5) is 0 Å². The first kappa shape index (κ1) is 11.8. The minimum atomic E-state index is 0.151. The molecule has 1 aliphatic carbocycles. The first-order valence-electron chi connectivity index (χ1n) is 6.31. The van der Waals surface area contributed by atoms with Gasteiger partial charge < -0.3 is 4.74 Å². The Bertz CT molecular complexity index is 638. The quantitative estimate of drug-likeness (QED) is 0.826. The van der Waals surface area contributed by atoms with E-state index in [2.05, 4.69) is 9.97 Å². The van der Waals surface area contributed by atoms with E-state index in [1.807, 2.05) is 24.3 Å². The molecule has 0 amide bonds. The summed E-state index contributed by atoms with van der Waals surface area (Å²) in [5.74, 6) is 1.57. The molecule has 0 saturated heterocycles. The van der Waals surface area contributed by atoms with E-state index in [0.29, 0.717) is 17.8 Å². The van der Waals surface area contributed by atoms with Crippen molar-refractivity contribution in [2.45, 2.75) is 19.3 Å². The Morgan fingerprint density at radius 1 is 1.26 bits per heavy atom. The van der Waals surface area contributed by atoms with Crippen LogP contribution >= 0.6 is 0 Å². The van der Waals surface area contributed by atoms with Gasteiger partial charge >= 0.3 is 0 Å². The van der Waals surface area contributed by atoms with E-state index >= 15 is 0 Å². The normalized spacial score (nSPS) is 14.1. The molecule has 0 bridgehead atoms. The van der Waals surface area contributed by atoms with Crippen LogP contribution in [0.15, 0.2) is 30.5 Å². The second kappa shape index (κ2) is 4.80. The number of methoxy groups -OCH3 is 1. The van der Waals surface area contributed by atoms with Gasteiger partial charge in [-0.05, 0) is 25.0 Å². The van der Waals surface area contributed by atoms with Crippen LogP contribution in [-0.4, -0.2) is 22.9 Å². The van der Waals surface area contributed by atoms with E-state index in [1.54, 1.807) is 13.3 Å². The van der Waals surface area contributed by atoms with Crippen LogP contribution in [-0.2, 0) is 6.42 Å². The largest absolute Gasteiger partial charge is 0.497 e. The highest BCUT2D eigenvalue weighted by Gasteiger charge is 2.19. The lowest BCUT2D eigenvalue weighted by Gasteiger charge is -2.14. The summed E-state index contributed by atoms with van der Waals surface area (Å²) in [4.78, 5) is 20.6. The number of aryl methyl sites for hydroxylation is 1. The van der Waals surface area contributed by atoms with Crippen LogP contribution in [0.2, 0.25) is 0 Å². The number of rotatable bonds is 2. The van der Waals surface area contributed by atoms with Gasteiger partial charge in [-0.2, -0.15) is 0 Å². The second-order valence-corrected chi connectivity index (χ2v) is 4.56. The van der Waals surface area contributed by atoms with Gasteiger partial charge in [0.2, 0.25) is 0 Å². The Hall–Kier alpha value is -2.23. The lowest BCUT2D eigenvalue weighted by atomic mass is 9.96. The lowest BCUT2D eigenvalue weighted by molar-refractivity contribution is 0.0971. The van der Waals surface area contributed by atoms with Gasteiger partial charge in [0.25, 0.3) is 0 Å². The number of hydrogen-bond donors (Lipinski definition) is 0. The van der Waals surface area contributed by atoms with Crippen LogP contribution < -0.4 is 4.74 Å². The van der Waals surface area contributed by atoms with E-state index in [9.17, 15) is 4.79 Å². The highest BCUT2D eigenvalue weighted by Crippen LogP contribution is 2.24. The summed E-state index contributed by atoms with van der Waals surface area (Å²) in [6, 6.07) is 7.62. The molecule has 0 spiro atoms. The molecule has 1 aromatic heterocycles. The first-order chi connectivity index (χ1) is 9.28. The van der Waals surface area contributed by atoms with Crippen molar-refractivity contribution in [2.75, 3.05) is 7.11 Å². The van der Waals surface area contributed by atoms with Gasteiger partial charge in [0.15, 0.2) is 11.6 Å². The van der Waals surface area contributed by atoms with Crippen LogP contribution in [0.1, 0.15) is 28.9 Å². The molecule has 3 rings (SSSR count). The predicted molar refractivity (Wildman–Crippen MR) is 71.3 cm³/mol. The summed E-state index contributed by atoms with van der Waals surface area (Å²) in [6.45, 7) is 0. The van der Waals surface area contributed by atoms with Gasteiger partial charge in [-0.3, -0.25) is 4.79 Å². The molecule has 2 aromatic rings. The molecule has 1 aromatic carbocycles. The number of carbonyl (C=O) groups excluding carboxylic acids is 1. The Morgan fingerprint density at radius 3 is 3.00 bits per heavy atom. The molecule has 96 valence electrons. The van der Waals surface area contributed by atoms with Crippen molar-refractivity contribution in [1.29, 1.82) is 0 Å². The van der Waals surface area contributed by atoms with Crippen LogP contribution in [0.25, 0.3) is 11.4 Å². The van der Waals surface area contributed by atoms with E-state index in [0.717, 1.165) is 29.8 Å². The van der Waals surface area contributed by atoms with Gasteiger partial charge in [-0.25, -0.2) is 9.97 Å². The zero-order chi connectivity index (χ0) is 13.2. The Morgan fingerprint density at radius 2 is 2.16 bits per heavy atom. The predicted octanol–water partition coefficient (Wildman–Crippen LogP) is 2.67. The molecule has 4 heteroatoms. The lowest BCUT2D eigenvalue weighted by Crippen LogP contribution is -2.13. The Kier molecular flexibility index (Phi) is 2.99.